The standard InChI is InChI=1S/C19H13ClFN3O6S/c20-13-7-12(11-22)8-14(9-13)30-16-2-1-15(31(21,27)28)10-17(16)29-6-5-24-4-3-18(25)23-19(24)26/h1-4,7-10H,5-6H2,(H,23,25,26). The van der Waals surface area contributed by atoms with Gasteiger partial charge in [-0.1, -0.05) is 11.6 Å². The van der Waals surface area contributed by atoms with E-state index in [2.05, 4.69) is 4.98 Å². The van der Waals surface area contributed by atoms with Crippen LogP contribution in [0.2, 0.25) is 5.02 Å². The van der Waals surface area contributed by atoms with E-state index in [1.54, 1.807) is 0 Å². The summed E-state index contributed by atoms with van der Waals surface area (Å²) in [7, 11) is -5.02. The zero-order chi connectivity index (χ0) is 22.6. The second-order valence-electron chi connectivity index (χ2n) is 6.09. The fraction of sp³-hybridized carbons (Fsp3) is 0.105. The van der Waals surface area contributed by atoms with Crippen molar-refractivity contribution in [3.05, 3.63) is 80.1 Å². The van der Waals surface area contributed by atoms with Crippen molar-refractivity contribution in [2.45, 2.75) is 11.4 Å². The van der Waals surface area contributed by atoms with Gasteiger partial charge in [-0.15, -0.1) is 3.89 Å². The Morgan fingerprint density at radius 2 is 1.90 bits per heavy atom. The molecule has 1 aromatic heterocycles. The maximum absolute atomic E-state index is 13.4. The molecule has 0 spiro atoms. The van der Waals surface area contributed by atoms with E-state index in [1.165, 1.54) is 30.5 Å². The summed E-state index contributed by atoms with van der Waals surface area (Å²) in [6.45, 7) is -0.144. The van der Waals surface area contributed by atoms with Crippen LogP contribution in [-0.2, 0) is 16.8 Å². The first-order chi connectivity index (χ1) is 14.7. The van der Waals surface area contributed by atoms with Gasteiger partial charge in [0.2, 0.25) is 0 Å². The van der Waals surface area contributed by atoms with Crippen LogP contribution >= 0.6 is 11.6 Å². The molecule has 0 atom stereocenters. The number of nitriles is 1. The highest BCUT2D eigenvalue weighted by Crippen LogP contribution is 2.35. The minimum atomic E-state index is -5.02. The Kier molecular flexibility index (Phi) is 6.43. The summed E-state index contributed by atoms with van der Waals surface area (Å²) in [5.41, 5.74) is -0.988. The molecule has 3 aromatic rings. The third-order valence-electron chi connectivity index (χ3n) is 3.91. The molecule has 160 valence electrons. The number of halogens is 2. The molecule has 0 amide bonds. The van der Waals surface area contributed by atoms with Gasteiger partial charge >= 0.3 is 15.9 Å². The van der Waals surface area contributed by atoms with Crippen molar-refractivity contribution in [3.63, 3.8) is 0 Å². The summed E-state index contributed by atoms with van der Waals surface area (Å²) in [4.78, 5) is 24.3. The predicted molar refractivity (Wildman–Crippen MR) is 108 cm³/mol. The first kappa shape index (κ1) is 22.1. The van der Waals surface area contributed by atoms with Crippen LogP contribution < -0.4 is 20.7 Å². The molecule has 0 saturated carbocycles. The molecule has 31 heavy (non-hydrogen) atoms. The SMILES string of the molecule is N#Cc1cc(Cl)cc(Oc2ccc(S(=O)(=O)F)cc2OCCn2ccc(=O)[nH]c2=O)c1. The molecule has 0 radical (unpaired) electrons. The molecular formula is C19H13ClFN3O6S. The topological polar surface area (TPSA) is 131 Å². The highest BCUT2D eigenvalue weighted by molar-refractivity contribution is 7.86. The van der Waals surface area contributed by atoms with Gasteiger partial charge in [-0.05, 0) is 30.3 Å². The zero-order valence-electron chi connectivity index (χ0n) is 15.5. The summed E-state index contributed by atoms with van der Waals surface area (Å²) in [5, 5.41) is 9.28. The molecular weight excluding hydrogens is 453 g/mol. The molecule has 12 heteroatoms. The maximum Gasteiger partial charge on any atom is 0.332 e. The van der Waals surface area contributed by atoms with Crippen molar-refractivity contribution >= 4 is 21.8 Å². The minimum absolute atomic E-state index is 0.00258. The van der Waals surface area contributed by atoms with Gasteiger partial charge in [0.05, 0.1) is 18.2 Å². The van der Waals surface area contributed by atoms with E-state index in [1.807, 2.05) is 6.07 Å². The van der Waals surface area contributed by atoms with Gasteiger partial charge in [-0.25, -0.2) is 4.79 Å². The van der Waals surface area contributed by atoms with Gasteiger partial charge in [-0.3, -0.25) is 14.3 Å². The summed E-state index contributed by atoms with van der Waals surface area (Å²) in [5.74, 6) is 0.0589. The largest absolute Gasteiger partial charge is 0.488 e. The third kappa shape index (κ3) is 5.71. The molecule has 1 heterocycles. The number of nitrogens with one attached hydrogen (secondary N) is 1. The Bertz CT molecular complexity index is 1390. The van der Waals surface area contributed by atoms with E-state index in [0.29, 0.717) is 0 Å². The van der Waals surface area contributed by atoms with Crippen LogP contribution in [0.25, 0.3) is 0 Å². The first-order valence-corrected chi connectivity index (χ1v) is 10.3. The number of hydrogen-bond acceptors (Lipinski definition) is 7. The average Bonchev–Trinajstić information content (AvgIpc) is 2.69. The van der Waals surface area contributed by atoms with Gasteiger partial charge in [0.25, 0.3) is 5.56 Å². The van der Waals surface area contributed by atoms with Crippen LogP contribution in [0.15, 0.2) is 63.1 Å². The second-order valence-corrected chi connectivity index (χ2v) is 7.87. The van der Waals surface area contributed by atoms with Crippen molar-refractivity contribution in [1.29, 1.82) is 5.26 Å². The molecule has 0 aliphatic rings. The number of aromatic amines is 1. The highest BCUT2D eigenvalue weighted by Gasteiger charge is 2.17. The number of aromatic nitrogens is 2. The summed E-state index contributed by atoms with van der Waals surface area (Å²) >= 11 is 5.95. The smallest absolute Gasteiger partial charge is 0.332 e. The number of H-pyrrole nitrogens is 1. The third-order valence-corrected chi connectivity index (χ3v) is 4.95. The van der Waals surface area contributed by atoms with Crippen LogP contribution in [-0.4, -0.2) is 24.6 Å². The molecule has 0 fully saturated rings. The lowest BCUT2D eigenvalue weighted by Gasteiger charge is -2.14. The van der Waals surface area contributed by atoms with E-state index in [9.17, 15) is 21.9 Å². The Balaban J connectivity index is 1.89. The van der Waals surface area contributed by atoms with Crippen molar-refractivity contribution in [2.75, 3.05) is 6.61 Å². The van der Waals surface area contributed by atoms with E-state index >= 15 is 0 Å². The Hall–Kier alpha value is -3.62. The number of rotatable bonds is 7. The molecule has 9 nitrogen and oxygen atoms in total. The van der Waals surface area contributed by atoms with Gasteiger partial charge in [0, 0.05) is 23.4 Å². The molecule has 0 saturated heterocycles. The van der Waals surface area contributed by atoms with E-state index in [-0.39, 0.29) is 41.0 Å². The van der Waals surface area contributed by atoms with Gasteiger partial charge in [-0.2, -0.15) is 13.7 Å². The molecule has 1 N–H and O–H groups in total. The molecule has 2 aromatic carbocycles. The van der Waals surface area contributed by atoms with Crippen molar-refractivity contribution in [3.8, 4) is 23.3 Å². The number of ether oxygens (including phenoxy) is 2. The maximum atomic E-state index is 13.4. The first-order valence-electron chi connectivity index (χ1n) is 8.55. The molecule has 3 rings (SSSR count). The van der Waals surface area contributed by atoms with Gasteiger partial charge < -0.3 is 9.47 Å². The van der Waals surface area contributed by atoms with E-state index < -0.39 is 26.4 Å². The second kappa shape index (κ2) is 9.03. The van der Waals surface area contributed by atoms with Crippen molar-refractivity contribution < 1.29 is 21.8 Å². The average molecular weight is 466 g/mol. The van der Waals surface area contributed by atoms with Crippen LogP contribution in [0.1, 0.15) is 5.56 Å². The highest BCUT2D eigenvalue weighted by atomic mass is 35.5. The Morgan fingerprint density at radius 3 is 2.58 bits per heavy atom. The minimum Gasteiger partial charge on any atom is -0.488 e. The van der Waals surface area contributed by atoms with Crippen molar-refractivity contribution in [2.24, 2.45) is 0 Å². The molecule has 0 bridgehead atoms. The van der Waals surface area contributed by atoms with Crippen LogP contribution in [0.5, 0.6) is 17.2 Å². The van der Waals surface area contributed by atoms with E-state index in [0.717, 1.165) is 22.8 Å². The normalized spacial score (nSPS) is 11.0. The molecule has 0 aliphatic carbocycles. The lowest BCUT2D eigenvalue weighted by molar-refractivity contribution is 0.282. The quantitative estimate of drug-likeness (QED) is 0.530. The predicted octanol–water partition coefficient (Wildman–Crippen LogP) is 2.59. The fourth-order valence-corrected chi connectivity index (χ4v) is 3.23. The van der Waals surface area contributed by atoms with Gasteiger partial charge in [0.15, 0.2) is 11.5 Å². The Labute approximate surface area is 180 Å². The van der Waals surface area contributed by atoms with E-state index in [4.69, 9.17) is 26.3 Å². The lowest BCUT2D eigenvalue weighted by atomic mass is 10.2. The van der Waals surface area contributed by atoms with Crippen LogP contribution in [0.3, 0.4) is 0 Å². The summed E-state index contributed by atoms with van der Waals surface area (Å²) in [6, 6.07) is 10.4. The number of benzene rings is 2. The van der Waals surface area contributed by atoms with Crippen LogP contribution in [0.4, 0.5) is 3.89 Å². The molecule has 0 aliphatic heterocycles. The fourth-order valence-electron chi connectivity index (χ4n) is 2.52. The number of nitrogens with zero attached hydrogens (tertiary/aromatic N) is 2. The Morgan fingerprint density at radius 1 is 1.13 bits per heavy atom. The summed E-state index contributed by atoms with van der Waals surface area (Å²) < 4.78 is 48.3. The van der Waals surface area contributed by atoms with Gasteiger partial charge in [0.1, 0.15) is 17.3 Å². The lowest BCUT2D eigenvalue weighted by Crippen LogP contribution is -2.30. The van der Waals surface area contributed by atoms with Crippen molar-refractivity contribution in [1.82, 2.24) is 9.55 Å². The number of hydrogen-bond donors (Lipinski definition) is 1. The monoisotopic (exact) mass is 465 g/mol. The van der Waals surface area contributed by atoms with Crippen LogP contribution in [0, 0.1) is 11.3 Å². The summed E-state index contributed by atoms with van der Waals surface area (Å²) in [6.07, 6.45) is 1.26. The molecule has 0 unspecified atom stereocenters. The zero-order valence-corrected chi connectivity index (χ0v) is 17.1.